The monoisotopic (exact) mass is 250 g/mol. The number of ether oxygens (including phenoxy) is 1. The summed E-state index contributed by atoms with van der Waals surface area (Å²) < 4.78 is 5.33. The summed E-state index contributed by atoms with van der Waals surface area (Å²) in [6.45, 7) is 8.37. The van der Waals surface area contributed by atoms with Crippen LogP contribution in [0.15, 0.2) is 24.3 Å². The lowest BCUT2D eigenvalue weighted by Crippen LogP contribution is -2.45. The van der Waals surface area contributed by atoms with E-state index in [2.05, 4.69) is 5.32 Å². The number of nitrogens with one attached hydrogen (secondary N) is 1. The third kappa shape index (κ3) is 4.04. The normalized spacial score (nSPS) is 12.9. The second-order valence-electron chi connectivity index (χ2n) is 5.29. The Labute approximate surface area is 109 Å². The quantitative estimate of drug-likeness (QED) is 0.862. The molecule has 1 unspecified atom stereocenters. The molecule has 0 fully saturated rings. The number of hydrogen-bond donors (Lipinski definition) is 2. The fraction of sp³-hybridized carbons (Fsp3) is 0.500. The minimum absolute atomic E-state index is 0.174. The lowest BCUT2D eigenvalue weighted by molar-refractivity contribution is -0.119. The molecule has 0 aliphatic heterocycles. The third-order valence-electron chi connectivity index (χ3n) is 2.65. The van der Waals surface area contributed by atoms with Gasteiger partial charge in [-0.25, -0.2) is 0 Å². The number of benzene rings is 1. The van der Waals surface area contributed by atoms with Gasteiger partial charge in [0.2, 0.25) is 5.91 Å². The molecule has 0 spiro atoms. The van der Waals surface area contributed by atoms with Crippen molar-refractivity contribution in [2.24, 2.45) is 11.1 Å². The van der Waals surface area contributed by atoms with Crippen LogP contribution < -0.4 is 15.8 Å². The fourth-order valence-electron chi connectivity index (χ4n) is 1.41. The van der Waals surface area contributed by atoms with Gasteiger partial charge in [-0.3, -0.25) is 4.79 Å². The van der Waals surface area contributed by atoms with Gasteiger partial charge in [-0.05, 0) is 36.6 Å². The van der Waals surface area contributed by atoms with Crippen molar-refractivity contribution in [3.63, 3.8) is 0 Å². The highest BCUT2D eigenvalue weighted by Crippen LogP contribution is 2.20. The summed E-state index contributed by atoms with van der Waals surface area (Å²) in [5.41, 5.74) is 6.35. The van der Waals surface area contributed by atoms with Crippen molar-refractivity contribution in [1.82, 2.24) is 0 Å². The van der Waals surface area contributed by atoms with Gasteiger partial charge in [-0.2, -0.15) is 0 Å². The first-order valence-corrected chi connectivity index (χ1v) is 6.14. The van der Waals surface area contributed by atoms with Crippen molar-refractivity contribution in [3.8, 4) is 5.75 Å². The van der Waals surface area contributed by atoms with Crippen LogP contribution in [0, 0.1) is 5.41 Å². The molecule has 0 aliphatic rings. The van der Waals surface area contributed by atoms with Crippen molar-refractivity contribution >= 4 is 11.6 Å². The van der Waals surface area contributed by atoms with E-state index in [9.17, 15) is 4.79 Å². The molecule has 0 aromatic heterocycles. The second-order valence-corrected chi connectivity index (χ2v) is 5.29. The Morgan fingerprint density at radius 2 is 1.89 bits per heavy atom. The minimum Gasteiger partial charge on any atom is -0.494 e. The van der Waals surface area contributed by atoms with Gasteiger partial charge in [-0.15, -0.1) is 0 Å². The van der Waals surface area contributed by atoms with E-state index in [0.29, 0.717) is 6.61 Å². The SMILES string of the molecule is CCOc1ccc(NC(=O)C(N)C(C)(C)C)cc1. The highest BCUT2D eigenvalue weighted by atomic mass is 16.5. The topological polar surface area (TPSA) is 64.3 Å². The second kappa shape index (κ2) is 5.87. The number of carbonyl (C=O) groups is 1. The molecule has 0 heterocycles. The first-order valence-electron chi connectivity index (χ1n) is 6.14. The van der Waals surface area contributed by atoms with E-state index in [1.807, 2.05) is 39.8 Å². The summed E-state index contributed by atoms with van der Waals surface area (Å²) in [5.74, 6) is 0.613. The van der Waals surface area contributed by atoms with Gasteiger partial charge >= 0.3 is 0 Å². The molecule has 100 valence electrons. The largest absolute Gasteiger partial charge is 0.494 e. The van der Waals surface area contributed by atoms with E-state index in [-0.39, 0.29) is 11.3 Å². The van der Waals surface area contributed by atoms with Crippen LogP contribution in [0.2, 0.25) is 0 Å². The Morgan fingerprint density at radius 1 is 1.33 bits per heavy atom. The Kier molecular flexibility index (Phi) is 4.73. The maximum absolute atomic E-state index is 11.9. The van der Waals surface area contributed by atoms with Gasteiger partial charge in [0.15, 0.2) is 0 Å². The van der Waals surface area contributed by atoms with Gasteiger partial charge < -0.3 is 15.8 Å². The Bertz CT molecular complexity index is 393. The van der Waals surface area contributed by atoms with Crippen LogP contribution in [0.25, 0.3) is 0 Å². The molecule has 0 aliphatic carbocycles. The predicted molar refractivity (Wildman–Crippen MR) is 73.7 cm³/mol. The summed E-state index contributed by atoms with van der Waals surface area (Å²) >= 11 is 0. The molecular weight excluding hydrogens is 228 g/mol. The molecule has 4 heteroatoms. The van der Waals surface area contributed by atoms with Crippen LogP contribution in [0.5, 0.6) is 5.75 Å². The first kappa shape index (κ1) is 14.5. The molecule has 18 heavy (non-hydrogen) atoms. The van der Waals surface area contributed by atoms with Gasteiger partial charge in [0.25, 0.3) is 0 Å². The lowest BCUT2D eigenvalue weighted by Gasteiger charge is -2.25. The Morgan fingerprint density at radius 3 is 2.33 bits per heavy atom. The highest BCUT2D eigenvalue weighted by molar-refractivity contribution is 5.95. The fourth-order valence-corrected chi connectivity index (χ4v) is 1.41. The molecule has 1 rings (SSSR count). The van der Waals surface area contributed by atoms with Crippen molar-refractivity contribution in [2.45, 2.75) is 33.7 Å². The average Bonchev–Trinajstić information content (AvgIpc) is 2.30. The lowest BCUT2D eigenvalue weighted by atomic mass is 9.87. The average molecular weight is 250 g/mol. The molecule has 0 bridgehead atoms. The maximum atomic E-state index is 11.9. The number of rotatable bonds is 4. The maximum Gasteiger partial charge on any atom is 0.241 e. The summed E-state index contributed by atoms with van der Waals surface area (Å²) in [5, 5.41) is 2.80. The molecule has 0 saturated heterocycles. The summed E-state index contributed by atoms with van der Waals surface area (Å²) in [6, 6.07) is 6.71. The van der Waals surface area contributed by atoms with Gasteiger partial charge in [0, 0.05) is 5.69 Å². The van der Waals surface area contributed by atoms with E-state index in [4.69, 9.17) is 10.5 Å². The van der Waals surface area contributed by atoms with E-state index < -0.39 is 6.04 Å². The molecule has 0 radical (unpaired) electrons. The van der Waals surface area contributed by atoms with Crippen LogP contribution in [-0.2, 0) is 4.79 Å². The molecule has 4 nitrogen and oxygen atoms in total. The van der Waals surface area contributed by atoms with Crippen LogP contribution >= 0.6 is 0 Å². The third-order valence-corrected chi connectivity index (χ3v) is 2.65. The van der Waals surface area contributed by atoms with Gasteiger partial charge in [0.05, 0.1) is 12.6 Å². The number of hydrogen-bond acceptors (Lipinski definition) is 3. The number of amides is 1. The van der Waals surface area contributed by atoms with E-state index in [0.717, 1.165) is 11.4 Å². The summed E-state index contributed by atoms with van der Waals surface area (Å²) in [7, 11) is 0. The van der Waals surface area contributed by atoms with Crippen LogP contribution in [-0.4, -0.2) is 18.6 Å². The molecule has 3 N–H and O–H groups in total. The molecular formula is C14H22N2O2. The predicted octanol–water partition coefficient (Wildman–Crippen LogP) is 2.40. The standard InChI is InChI=1S/C14H22N2O2/c1-5-18-11-8-6-10(7-9-11)16-13(17)12(15)14(2,3)4/h6-9,12H,5,15H2,1-4H3,(H,16,17). The molecule has 0 saturated carbocycles. The van der Waals surface area contributed by atoms with Crippen molar-refractivity contribution in [1.29, 1.82) is 0 Å². The van der Waals surface area contributed by atoms with Gasteiger partial charge in [-0.1, -0.05) is 20.8 Å². The molecule has 1 amide bonds. The van der Waals surface area contributed by atoms with Crippen molar-refractivity contribution < 1.29 is 9.53 Å². The number of anilines is 1. The minimum atomic E-state index is -0.538. The number of nitrogens with two attached hydrogens (primary N) is 1. The zero-order chi connectivity index (χ0) is 13.8. The van der Waals surface area contributed by atoms with E-state index >= 15 is 0 Å². The molecule has 1 atom stereocenters. The first-order chi connectivity index (χ1) is 8.34. The highest BCUT2D eigenvalue weighted by Gasteiger charge is 2.27. The zero-order valence-electron chi connectivity index (χ0n) is 11.5. The molecule has 1 aromatic carbocycles. The Balaban J connectivity index is 2.65. The van der Waals surface area contributed by atoms with E-state index in [1.165, 1.54) is 0 Å². The van der Waals surface area contributed by atoms with Crippen LogP contribution in [0.1, 0.15) is 27.7 Å². The van der Waals surface area contributed by atoms with Crippen LogP contribution in [0.3, 0.4) is 0 Å². The smallest absolute Gasteiger partial charge is 0.241 e. The van der Waals surface area contributed by atoms with E-state index in [1.54, 1.807) is 12.1 Å². The van der Waals surface area contributed by atoms with Gasteiger partial charge in [0.1, 0.15) is 5.75 Å². The zero-order valence-corrected chi connectivity index (χ0v) is 11.5. The molecule has 1 aromatic rings. The van der Waals surface area contributed by atoms with Crippen molar-refractivity contribution in [2.75, 3.05) is 11.9 Å². The Hall–Kier alpha value is -1.55. The number of carbonyl (C=O) groups excluding carboxylic acids is 1. The summed E-state index contributed by atoms with van der Waals surface area (Å²) in [6.07, 6.45) is 0. The van der Waals surface area contributed by atoms with Crippen LogP contribution in [0.4, 0.5) is 5.69 Å². The summed E-state index contributed by atoms with van der Waals surface area (Å²) in [4.78, 5) is 11.9. The van der Waals surface area contributed by atoms with Crippen molar-refractivity contribution in [3.05, 3.63) is 24.3 Å².